The van der Waals surface area contributed by atoms with E-state index in [2.05, 4.69) is 40.2 Å². The molecule has 148 valence electrons. The molecule has 4 rings (SSSR count). The molecule has 0 aliphatic carbocycles. The van der Waals surface area contributed by atoms with Crippen molar-refractivity contribution in [2.75, 3.05) is 0 Å². The van der Waals surface area contributed by atoms with Crippen molar-refractivity contribution >= 4 is 38.7 Å². The fourth-order valence-corrected chi connectivity index (χ4v) is 5.00. The van der Waals surface area contributed by atoms with Crippen LogP contribution in [0.2, 0.25) is 0 Å². The van der Waals surface area contributed by atoms with Gasteiger partial charge in [-0.1, -0.05) is 70.2 Å². The van der Waals surface area contributed by atoms with Crippen LogP contribution in [0.3, 0.4) is 0 Å². The van der Waals surface area contributed by atoms with Gasteiger partial charge in [0.05, 0.1) is 0 Å². The number of aromatic nitrogens is 3. The Morgan fingerprint density at radius 1 is 1.10 bits per heavy atom. The van der Waals surface area contributed by atoms with Crippen LogP contribution in [0, 0.1) is 0 Å². The van der Waals surface area contributed by atoms with E-state index in [1.807, 2.05) is 62.0 Å². The Kier molecular flexibility index (Phi) is 5.65. The summed E-state index contributed by atoms with van der Waals surface area (Å²) in [7, 11) is 1.91. The number of fused-ring (bicyclic) bond motifs is 1. The fraction of sp³-hybridized carbons (Fsp3) is 0.217. The number of hydrogen-bond donors (Lipinski definition) is 0. The molecule has 0 saturated carbocycles. The summed E-state index contributed by atoms with van der Waals surface area (Å²) in [5.41, 5.74) is 4.65. The molecule has 0 spiro atoms. The average molecular weight is 468 g/mol. The van der Waals surface area contributed by atoms with Gasteiger partial charge in [0.25, 0.3) is 5.56 Å². The van der Waals surface area contributed by atoms with E-state index in [1.54, 1.807) is 16.3 Å². The second kappa shape index (κ2) is 8.20. The minimum atomic E-state index is 0.00595. The van der Waals surface area contributed by atoms with E-state index in [-0.39, 0.29) is 11.6 Å². The van der Waals surface area contributed by atoms with Crippen molar-refractivity contribution in [1.82, 2.24) is 14.1 Å². The first-order chi connectivity index (χ1) is 14.0. The highest BCUT2D eigenvalue weighted by Crippen LogP contribution is 2.31. The van der Waals surface area contributed by atoms with Crippen LogP contribution in [0.15, 0.2) is 75.2 Å². The SMILES string of the molecule is CC(C)n1c(SCc2cccc(Br)c2)nc2c(-c3ccccc3)cn(C)c2c1=O. The van der Waals surface area contributed by atoms with Gasteiger partial charge in [-0.25, -0.2) is 4.98 Å². The molecule has 4 aromatic rings. The molecule has 0 saturated heterocycles. The normalized spacial score (nSPS) is 11.5. The number of hydrogen-bond acceptors (Lipinski definition) is 3. The predicted molar refractivity (Wildman–Crippen MR) is 124 cm³/mol. The number of benzene rings is 2. The van der Waals surface area contributed by atoms with Crippen LogP contribution < -0.4 is 5.56 Å². The van der Waals surface area contributed by atoms with E-state index in [9.17, 15) is 4.79 Å². The van der Waals surface area contributed by atoms with Gasteiger partial charge in [-0.15, -0.1) is 0 Å². The maximum Gasteiger partial charge on any atom is 0.278 e. The first-order valence-corrected chi connectivity index (χ1v) is 11.3. The van der Waals surface area contributed by atoms with Gasteiger partial charge < -0.3 is 4.57 Å². The zero-order chi connectivity index (χ0) is 20.5. The second-order valence-corrected chi connectivity index (χ2v) is 9.16. The predicted octanol–water partition coefficient (Wildman–Crippen LogP) is 6.04. The zero-order valence-electron chi connectivity index (χ0n) is 16.6. The van der Waals surface area contributed by atoms with Crippen LogP contribution >= 0.6 is 27.7 Å². The lowest BCUT2D eigenvalue weighted by Crippen LogP contribution is -2.26. The summed E-state index contributed by atoms with van der Waals surface area (Å²) in [6, 6.07) is 18.4. The minimum Gasteiger partial charge on any atom is -0.344 e. The highest BCUT2D eigenvalue weighted by molar-refractivity contribution is 9.10. The lowest BCUT2D eigenvalue weighted by molar-refractivity contribution is 0.517. The molecular formula is C23H22BrN3OS. The van der Waals surface area contributed by atoms with Gasteiger partial charge in [-0.2, -0.15) is 0 Å². The van der Waals surface area contributed by atoms with Crippen LogP contribution in [-0.2, 0) is 12.8 Å². The summed E-state index contributed by atoms with van der Waals surface area (Å²) in [6.45, 7) is 4.05. The minimum absolute atomic E-state index is 0.00595. The second-order valence-electron chi connectivity index (χ2n) is 7.30. The van der Waals surface area contributed by atoms with Gasteiger partial charge in [0.2, 0.25) is 0 Å². The summed E-state index contributed by atoms with van der Waals surface area (Å²) in [6.07, 6.45) is 2.00. The van der Waals surface area contributed by atoms with Crippen LogP contribution in [0.4, 0.5) is 0 Å². The third-order valence-electron chi connectivity index (χ3n) is 4.85. The number of rotatable bonds is 5. The molecule has 2 aromatic carbocycles. The van der Waals surface area contributed by atoms with Gasteiger partial charge in [0.1, 0.15) is 11.0 Å². The number of halogens is 1. The van der Waals surface area contributed by atoms with Crippen LogP contribution in [0.5, 0.6) is 0 Å². The Balaban J connectivity index is 1.86. The van der Waals surface area contributed by atoms with Crippen LogP contribution in [0.25, 0.3) is 22.2 Å². The molecule has 0 aliphatic heterocycles. The van der Waals surface area contributed by atoms with Crippen molar-refractivity contribution in [3.05, 3.63) is 81.2 Å². The van der Waals surface area contributed by atoms with E-state index in [0.717, 1.165) is 32.0 Å². The Labute approximate surface area is 182 Å². The highest BCUT2D eigenvalue weighted by atomic mass is 79.9. The first kappa shape index (κ1) is 20.0. The molecule has 6 heteroatoms. The quantitative estimate of drug-likeness (QED) is 0.265. The Bertz CT molecular complexity index is 1230. The monoisotopic (exact) mass is 467 g/mol. The van der Waals surface area contributed by atoms with E-state index in [4.69, 9.17) is 4.98 Å². The topological polar surface area (TPSA) is 39.8 Å². The van der Waals surface area contributed by atoms with Crippen molar-refractivity contribution in [2.24, 2.45) is 7.05 Å². The Hall–Kier alpha value is -2.31. The summed E-state index contributed by atoms with van der Waals surface area (Å²) in [5.74, 6) is 0.748. The molecule has 0 bridgehead atoms. The van der Waals surface area contributed by atoms with Crippen molar-refractivity contribution in [3.63, 3.8) is 0 Å². The number of aryl methyl sites for hydroxylation is 1. The van der Waals surface area contributed by atoms with Crippen LogP contribution in [0.1, 0.15) is 25.5 Å². The van der Waals surface area contributed by atoms with E-state index >= 15 is 0 Å². The van der Waals surface area contributed by atoms with Crippen LogP contribution in [-0.4, -0.2) is 14.1 Å². The lowest BCUT2D eigenvalue weighted by atomic mass is 10.1. The Morgan fingerprint density at radius 2 is 1.86 bits per heavy atom. The van der Waals surface area contributed by atoms with Crippen molar-refractivity contribution in [3.8, 4) is 11.1 Å². The van der Waals surface area contributed by atoms with Crippen molar-refractivity contribution < 1.29 is 0 Å². The molecule has 0 amide bonds. The van der Waals surface area contributed by atoms with E-state index in [1.165, 1.54) is 5.56 Å². The third kappa shape index (κ3) is 3.91. The van der Waals surface area contributed by atoms with E-state index in [0.29, 0.717) is 5.52 Å². The van der Waals surface area contributed by atoms with Crippen molar-refractivity contribution in [1.29, 1.82) is 0 Å². The largest absolute Gasteiger partial charge is 0.344 e. The Morgan fingerprint density at radius 3 is 2.55 bits per heavy atom. The molecule has 4 nitrogen and oxygen atoms in total. The first-order valence-electron chi connectivity index (χ1n) is 9.50. The summed E-state index contributed by atoms with van der Waals surface area (Å²) in [5, 5.41) is 0.751. The molecule has 0 unspecified atom stereocenters. The lowest BCUT2D eigenvalue weighted by Gasteiger charge is -2.16. The maximum atomic E-state index is 13.4. The smallest absolute Gasteiger partial charge is 0.278 e. The molecule has 0 radical (unpaired) electrons. The summed E-state index contributed by atoms with van der Waals surface area (Å²) < 4.78 is 4.75. The molecule has 0 aliphatic rings. The molecular weight excluding hydrogens is 446 g/mol. The summed E-state index contributed by atoms with van der Waals surface area (Å²) >= 11 is 5.13. The molecule has 2 aromatic heterocycles. The molecule has 0 N–H and O–H groups in total. The number of thioether (sulfide) groups is 1. The van der Waals surface area contributed by atoms with Gasteiger partial charge >= 0.3 is 0 Å². The molecule has 0 atom stereocenters. The van der Waals surface area contributed by atoms with Gasteiger partial charge in [-0.05, 0) is 37.1 Å². The van der Waals surface area contributed by atoms with Gasteiger partial charge in [-0.3, -0.25) is 9.36 Å². The highest BCUT2D eigenvalue weighted by Gasteiger charge is 2.20. The molecule has 29 heavy (non-hydrogen) atoms. The zero-order valence-corrected chi connectivity index (χ0v) is 19.0. The van der Waals surface area contributed by atoms with Gasteiger partial charge in [0.15, 0.2) is 5.16 Å². The van der Waals surface area contributed by atoms with Crippen molar-refractivity contribution in [2.45, 2.75) is 30.8 Å². The summed E-state index contributed by atoms with van der Waals surface area (Å²) in [4.78, 5) is 18.4. The fourth-order valence-electron chi connectivity index (χ4n) is 3.49. The molecule has 2 heterocycles. The standard InChI is InChI=1S/C23H22BrN3OS/c1-15(2)27-22(28)21-20(19(13-26(21)3)17-9-5-4-6-10-17)25-23(27)29-14-16-8-7-11-18(24)12-16/h4-13,15H,14H2,1-3H3. The van der Waals surface area contributed by atoms with Gasteiger partial charge in [0, 0.05) is 35.1 Å². The average Bonchev–Trinajstić information content (AvgIpc) is 3.03. The van der Waals surface area contributed by atoms with E-state index < -0.39 is 0 Å². The number of nitrogens with zero attached hydrogens (tertiary/aromatic N) is 3. The third-order valence-corrected chi connectivity index (χ3v) is 6.37. The maximum absolute atomic E-state index is 13.4. The molecule has 0 fully saturated rings.